The van der Waals surface area contributed by atoms with Gasteiger partial charge in [0.05, 0.1) is 6.42 Å². The molecule has 0 saturated heterocycles. The monoisotopic (exact) mass is 296 g/mol. The molecular formula is C14H20N2O3S. The summed E-state index contributed by atoms with van der Waals surface area (Å²) in [6.45, 7) is 2.01. The zero-order valence-corrected chi connectivity index (χ0v) is 12.5. The molecule has 2 amide bonds. The van der Waals surface area contributed by atoms with Crippen LogP contribution in [0.2, 0.25) is 0 Å². The second-order valence-corrected chi connectivity index (χ2v) is 5.30. The summed E-state index contributed by atoms with van der Waals surface area (Å²) in [5.41, 5.74) is 1.12. The molecule has 0 aliphatic rings. The Balaban J connectivity index is 2.67. The van der Waals surface area contributed by atoms with Crippen molar-refractivity contribution >= 4 is 29.4 Å². The fraction of sp³-hybridized carbons (Fsp3) is 0.429. The molecule has 1 aromatic rings. The Morgan fingerprint density at radius 3 is 2.65 bits per heavy atom. The maximum atomic E-state index is 11.9. The second-order valence-electron chi connectivity index (χ2n) is 4.39. The van der Waals surface area contributed by atoms with Gasteiger partial charge in [-0.25, -0.2) is 4.79 Å². The number of carbonyl (C=O) groups is 2. The lowest BCUT2D eigenvalue weighted by atomic mass is 10.1. The first-order valence-corrected chi connectivity index (χ1v) is 7.82. The quantitative estimate of drug-likeness (QED) is 0.722. The van der Waals surface area contributed by atoms with Gasteiger partial charge in [-0.15, -0.1) is 0 Å². The summed E-state index contributed by atoms with van der Waals surface area (Å²) in [6.07, 6.45) is 2.73. The molecule has 5 nitrogen and oxygen atoms in total. The summed E-state index contributed by atoms with van der Waals surface area (Å²) in [6, 6.07) is 6.72. The van der Waals surface area contributed by atoms with Crippen LogP contribution in [0.15, 0.2) is 24.3 Å². The average Bonchev–Trinajstić information content (AvgIpc) is 2.40. The fourth-order valence-corrected chi connectivity index (χ4v) is 2.49. The van der Waals surface area contributed by atoms with Gasteiger partial charge in [-0.2, -0.15) is 11.8 Å². The third-order valence-corrected chi connectivity index (χ3v) is 3.54. The van der Waals surface area contributed by atoms with Gasteiger partial charge in [0.2, 0.25) is 0 Å². The third kappa shape index (κ3) is 5.52. The molecule has 0 aliphatic carbocycles. The highest BCUT2D eigenvalue weighted by Gasteiger charge is 2.12. The van der Waals surface area contributed by atoms with E-state index in [0.717, 1.165) is 12.2 Å². The fourth-order valence-electron chi connectivity index (χ4n) is 1.77. The van der Waals surface area contributed by atoms with Crippen LogP contribution in [0.3, 0.4) is 0 Å². The molecule has 1 aromatic carbocycles. The maximum absolute atomic E-state index is 11.9. The van der Waals surface area contributed by atoms with Crippen molar-refractivity contribution < 1.29 is 14.7 Å². The Kier molecular flexibility index (Phi) is 6.93. The predicted molar refractivity (Wildman–Crippen MR) is 82.4 cm³/mol. The van der Waals surface area contributed by atoms with Gasteiger partial charge >= 0.3 is 12.0 Å². The van der Waals surface area contributed by atoms with Gasteiger partial charge in [-0.05, 0) is 24.3 Å². The van der Waals surface area contributed by atoms with Crippen molar-refractivity contribution in [2.24, 2.45) is 0 Å². The summed E-state index contributed by atoms with van der Waals surface area (Å²) >= 11 is 1.67. The highest BCUT2D eigenvalue weighted by molar-refractivity contribution is 7.98. The SMILES string of the molecule is CCC(CSC)NC(=O)Nc1ccccc1CC(=O)O. The van der Waals surface area contributed by atoms with Crippen LogP contribution in [0.4, 0.5) is 10.5 Å². The first-order valence-electron chi connectivity index (χ1n) is 6.43. The standard InChI is InChI=1S/C14H20N2O3S/c1-3-11(9-20-2)15-14(19)16-12-7-5-4-6-10(12)8-13(17)18/h4-7,11H,3,8-9H2,1-2H3,(H,17,18)(H2,15,16,19). The van der Waals surface area contributed by atoms with Gasteiger partial charge < -0.3 is 15.7 Å². The van der Waals surface area contributed by atoms with Gasteiger partial charge in [0, 0.05) is 17.5 Å². The number of carboxylic acids is 1. The summed E-state index contributed by atoms with van der Waals surface area (Å²) in [7, 11) is 0. The Hall–Kier alpha value is -1.69. The van der Waals surface area contributed by atoms with Gasteiger partial charge in [0.15, 0.2) is 0 Å². The topological polar surface area (TPSA) is 78.4 Å². The molecule has 0 spiro atoms. The predicted octanol–water partition coefficient (Wildman–Crippen LogP) is 2.58. The lowest BCUT2D eigenvalue weighted by Gasteiger charge is -2.17. The van der Waals surface area contributed by atoms with Crippen LogP contribution >= 0.6 is 11.8 Å². The minimum absolute atomic E-state index is 0.108. The van der Waals surface area contributed by atoms with Crippen molar-refractivity contribution in [2.45, 2.75) is 25.8 Å². The second kappa shape index (κ2) is 8.47. The normalized spacial score (nSPS) is 11.7. The van der Waals surface area contributed by atoms with Gasteiger partial charge in [-0.1, -0.05) is 25.1 Å². The number of para-hydroxylation sites is 1. The summed E-state index contributed by atoms with van der Waals surface area (Å²) in [4.78, 5) is 22.7. The highest BCUT2D eigenvalue weighted by atomic mass is 32.2. The molecular weight excluding hydrogens is 276 g/mol. The zero-order chi connectivity index (χ0) is 15.0. The number of rotatable bonds is 7. The summed E-state index contributed by atoms with van der Waals surface area (Å²) < 4.78 is 0. The van der Waals surface area contributed by atoms with Crippen LogP contribution in [-0.2, 0) is 11.2 Å². The Bertz CT molecular complexity index is 465. The largest absolute Gasteiger partial charge is 0.481 e. The number of benzene rings is 1. The molecule has 0 heterocycles. The molecule has 0 radical (unpaired) electrons. The number of aliphatic carboxylic acids is 1. The molecule has 1 atom stereocenters. The molecule has 20 heavy (non-hydrogen) atoms. The van der Waals surface area contributed by atoms with Crippen molar-refractivity contribution in [3.05, 3.63) is 29.8 Å². The van der Waals surface area contributed by atoms with Crippen molar-refractivity contribution in [3.8, 4) is 0 Å². The smallest absolute Gasteiger partial charge is 0.319 e. The zero-order valence-electron chi connectivity index (χ0n) is 11.7. The Labute approximate surface area is 123 Å². The lowest BCUT2D eigenvalue weighted by molar-refractivity contribution is -0.136. The molecule has 6 heteroatoms. The van der Waals surface area contributed by atoms with Crippen LogP contribution < -0.4 is 10.6 Å². The highest BCUT2D eigenvalue weighted by Crippen LogP contribution is 2.15. The molecule has 110 valence electrons. The molecule has 1 rings (SSSR count). The van der Waals surface area contributed by atoms with E-state index in [-0.39, 0.29) is 18.5 Å². The van der Waals surface area contributed by atoms with Crippen LogP contribution in [0.25, 0.3) is 0 Å². The summed E-state index contributed by atoms with van der Waals surface area (Å²) in [5, 5.41) is 14.4. The number of thioether (sulfide) groups is 1. The van der Waals surface area contributed by atoms with Gasteiger partial charge in [-0.3, -0.25) is 4.79 Å². The van der Waals surface area contributed by atoms with E-state index >= 15 is 0 Å². The van der Waals surface area contributed by atoms with E-state index in [9.17, 15) is 9.59 Å². The molecule has 0 bridgehead atoms. The van der Waals surface area contributed by atoms with E-state index < -0.39 is 5.97 Å². The minimum Gasteiger partial charge on any atom is -0.481 e. The van der Waals surface area contributed by atoms with E-state index in [2.05, 4.69) is 10.6 Å². The number of amides is 2. The molecule has 3 N–H and O–H groups in total. The number of hydrogen-bond acceptors (Lipinski definition) is 3. The summed E-state index contributed by atoms with van der Waals surface area (Å²) in [5.74, 6) is -0.0748. The van der Waals surface area contributed by atoms with Gasteiger partial charge in [0.25, 0.3) is 0 Å². The maximum Gasteiger partial charge on any atom is 0.319 e. The van der Waals surface area contributed by atoms with Crippen LogP contribution in [0, 0.1) is 0 Å². The Morgan fingerprint density at radius 1 is 1.35 bits per heavy atom. The van der Waals surface area contributed by atoms with E-state index in [1.165, 1.54) is 0 Å². The molecule has 0 aliphatic heterocycles. The van der Waals surface area contributed by atoms with Crippen molar-refractivity contribution in [1.29, 1.82) is 0 Å². The van der Waals surface area contributed by atoms with Crippen LogP contribution in [0.1, 0.15) is 18.9 Å². The molecule has 0 fully saturated rings. The molecule has 0 saturated carbocycles. The van der Waals surface area contributed by atoms with E-state index in [0.29, 0.717) is 11.3 Å². The average molecular weight is 296 g/mol. The number of hydrogen-bond donors (Lipinski definition) is 3. The number of urea groups is 1. The molecule has 1 unspecified atom stereocenters. The lowest BCUT2D eigenvalue weighted by Crippen LogP contribution is -2.39. The van der Waals surface area contributed by atoms with E-state index in [1.807, 2.05) is 13.2 Å². The number of anilines is 1. The van der Waals surface area contributed by atoms with Crippen molar-refractivity contribution in [1.82, 2.24) is 5.32 Å². The Morgan fingerprint density at radius 2 is 2.05 bits per heavy atom. The minimum atomic E-state index is -0.923. The number of carbonyl (C=O) groups excluding carboxylic acids is 1. The number of nitrogens with one attached hydrogen (secondary N) is 2. The third-order valence-electron chi connectivity index (χ3n) is 2.80. The van der Waals surface area contributed by atoms with Gasteiger partial charge in [0.1, 0.15) is 0 Å². The van der Waals surface area contributed by atoms with E-state index in [1.54, 1.807) is 36.0 Å². The first-order chi connectivity index (χ1) is 9.56. The number of carboxylic acid groups (broad SMARTS) is 1. The van der Waals surface area contributed by atoms with Crippen LogP contribution in [0.5, 0.6) is 0 Å². The van der Waals surface area contributed by atoms with Crippen molar-refractivity contribution in [3.63, 3.8) is 0 Å². The first kappa shape index (κ1) is 16.4. The van der Waals surface area contributed by atoms with Crippen LogP contribution in [-0.4, -0.2) is 35.2 Å². The van der Waals surface area contributed by atoms with Crippen molar-refractivity contribution in [2.75, 3.05) is 17.3 Å². The van der Waals surface area contributed by atoms with E-state index in [4.69, 9.17) is 5.11 Å². The molecule has 0 aromatic heterocycles.